The van der Waals surface area contributed by atoms with E-state index in [9.17, 15) is 5.11 Å². The van der Waals surface area contributed by atoms with Gasteiger partial charge in [-0.15, -0.1) is 0 Å². The van der Waals surface area contributed by atoms with E-state index in [4.69, 9.17) is 10.2 Å². The molecule has 0 spiro atoms. The molecule has 1 heterocycles. The number of carbonyl (C=O) groups excluding carboxylic acids is 1. The molecule has 0 aliphatic rings. The molecule has 0 radical (unpaired) electrons. The van der Waals surface area contributed by atoms with Gasteiger partial charge in [0.05, 0.1) is 5.52 Å². The number of nitrogens with zero attached hydrogens (tertiary/aromatic N) is 1. The second kappa shape index (κ2) is 5.24. The van der Waals surface area contributed by atoms with Crippen molar-refractivity contribution in [3.63, 3.8) is 0 Å². The molecule has 76 valence electrons. The summed E-state index contributed by atoms with van der Waals surface area (Å²) in [6.45, 7) is 0. The van der Waals surface area contributed by atoms with Crippen molar-refractivity contribution in [1.29, 1.82) is 5.41 Å². The molecule has 0 saturated heterocycles. The highest BCUT2D eigenvalue weighted by Gasteiger charge is 1.99. The quantitative estimate of drug-likeness (QED) is 0.569. The maximum absolute atomic E-state index is 9.41. The molecule has 2 rings (SSSR count). The first-order valence-corrected chi connectivity index (χ1v) is 4.75. The van der Waals surface area contributed by atoms with Gasteiger partial charge in [-0.2, -0.15) is 0 Å². The monoisotopic (exact) mass is 266 g/mol. The molecule has 1 aromatic heterocycles. The predicted octanol–water partition coefficient (Wildman–Crippen LogP) is 2.60. The topological polar surface area (TPSA) is 74.0 Å². The van der Waals surface area contributed by atoms with Gasteiger partial charge in [0.2, 0.25) is 6.08 Å². The zero-order valence-corrected chi connectivity index (χ0v) is 9.15. The number of benzene rings is 1. The lowest BCUT2D eigenvalue weighted by Crippen LogP contribution is -1.77. The summed E-state index contributed by atoms with van der Waals surface area (Å²) in [5.74, 6) is 0.271. The first-order chi connectivity index (χ1) is 7.19. The summed E-state index contributed by atoms with van der Waals surface area (Å²) in [6, 6.07) is 7.16. The molecule has 4 nitrogen and oxygen atoms in total. The molecule has 0 saturated carbocycles. The summed E-state index contributed by atoms with van der Waals surface area (Å²) in [5, 5.41) is 15.6. The molecule has 2 N–H and O–H groups in total. The summed E-state index contributed by atoms with van der Waals surface area (Å²) < 4.78 is 0.966. The molecule has 2 aromatic rings. The number of hydrogen-bond donors (Lipinski definition) is 2. The summed E-state index contributed by atoms with van der Waals surface area (Å²) in [4.78, 5) is 12.5. The number of fused-ring (bicyclic) bond motifs is 1. The Morgan fingerprint density at radius 3 is 2.73 bits per heavy atom. The van der Waals surface area contributed by atoms with E-state index in [1.54, 1.807) is 12.3 Å². The Labute approximate surface area is 94.2 Å². The minimum Gasteiger partial charge on any atom is -0.507 e. The lowest BCUT2D eigenvalue weighted by molar-refractivity contribution is 0.481. The third-order valence-corrected chi connectivity index (χ3v) is 2.18. The largest absolute Gasteiger partial charge is 0.507 e. The van der Waals surface area contributed by atoms with Crippen molar-refractivity contribution in [2.24, 2.45) is 0 Å². The van der Waals surface area contributed by atoms with Crippen LogP contribution in [0.4, 0.5) is 0 Å². The molecule has 5 heteroatoms. The second-order valence-corrected chi connectivity index (χ2v) is 3.51. The summed E-state index contributed by atoms with van der Waals surface area (Å²) in [6.07, 6.45) is 2.34. The zero-order valence-electron chi connectivity index (χ0n) is 7.57. The van der Waals surface area contributed by atoms with Crippen LogP contribution in [-0.2, 0) is 4.79 Å². The number of aromatic nitrogens is 1. The smallest absolute Gasteiger partial charge is 0.231 e. The van der Waals surface area contributed by atoms with E-state index in [1.165, 1.54) is 0 Å². The van der Waals surface area contributed by atoms with Gasteiger partial charge in [0.15, 0.2) is 0 Å². The number of hydrogen-bond acceptors (Lipinski definition) is 4. The van der Waals surface area contributed by atoms with E-state index in [0.29, 0.717) is 0 Å². The highest BCUT2D eigenvalue weighted by molar-refractivity contribution is 9.10. The van der Waals surface area contributed by atoms with E-state index in [-0.39, 0.29) is 5.75 Å². The Bertz CT molecular complexity index is 508. The van der Waals surface area contributed by atoms with Crippen LogP contribution < -0.4 is 0 Å². The van der Waals surface area contributed by atoms with Gasteiger partial charge in [-0.25, -0.2) is 10.2 Å². The van der Waals surface area contributed by atoms with Crippen LogP contribution in [0.3, 0.4) is 0 Å². The number of pyridine rings is 1. The molecule has 0 fully saturated rings. The standard InChI is InChI=1S/C9H6BrNO.CHNO/c10-6-1-2-7-8(5-6)11-4-3-9(7)12;2-1-3/h1-5H,(H,11,12);2H. The summed E-state index contributed by atoms with van der Waals surface area (Å²) >= 11 is 3.34. The van der Waals surface area contributed by atoms with Gasteiger partial charge in [-0.1, -0.05) is 15.9 Å². The SMILES string of the molecule is N=C=O.Oc1ccnc2cc(Br)ccc12. The number of nitrogens with one attached hydrogen (secondary N) is 1. The van der Waals surface area contributed by atoms with Crippen LogP contribution in [-0.4, -0.2) is 16.2 Å². The van der Waals surface area contributed by atoms with Gasteiger partial charge < -0.3 is 5.11 Å². The van der Waals surface area contributed by atoms with Crippen LogP contribution in [0.15, 0.2) is 34.9 Å². The minimum absolute atomic E-state index is 0.271. The number of halogens is 1. The lowest BCUT2D eigenvalue weighted by atomic mass is 10.2. The lowest BCUT2D eigenvalue weighted by Gasteiger charge is -1.98. The first-order valence-electron chi connectivity index (χ1n) is 3.96. The number of rotatable bonds is 0. The van der Waals surface area contributed by atoms with Crippen molar-refractivity contribution in [1.82, 2.24) is 4.98 Å². The molecule has 0 atom stereocenters. The fourth-order valence-corrected chi connectivity index (χ4v) is 1.46. The maximum atomic E-state index is 9.41. The van der Waals surface area contributed by atoms with Crippen LogP contribution >= 0.6 is 15.9 Å². The highest BCUT2D eigenvalue weighted by Crippen LogP contribution is 2.24. The van der Waals surface area contributed by atoms with Crippen molar-refractivity contribution in [3.05, 3.63) is 34.9 Å². The summed E-state index contributed by atoms with van der Waals surface area (Å²) in [5.41, 5.74) is 0.796. The molecule has 15 heavy (non-hydrogen) atoms. The Hall–Kier alpha value is -1.71. The average Bonchev–Trinajstić information content (AvgIpc) is 2.19. The van der Waals surface area contributed by atoms with Gasteiger partial charge in [-0.05, 0) is 24.3 Å². The third-order valence-electron chi connectivity index (χ3n) is 1.68. The van der Waals surface area contributed by atoms with Crippen molar-refractivity contribution in [2.45, 2.75) is 0 Å². The van der Waals surface area contributed by atoms with Crippen molar-refractivity contribution >= 4 is 32.9 Å². The molecular formula is C10H7BrN2O2. The Balaban J connectivity index is 0.000000337. The minimum atomic E-state index is 0.271. The van der Waals surface area contributed by atoms with Gasteiger partial charge in [0.1, 0.15) is 5.75 Å². The van der Waals surface area contributed by atoms with Crippen LogP contribution in [0, 0.1) is 5.41 Å². The van der Waals surface area contributed by atoms with Crippen LogP contribution in [0.1, 0.15) is 0 Å². The Kier molecular flexibility index (Phi) is 3.97. The molecule has 0 aliphatic carbocycles. The van der Waals surface area contributed by atoms with E-state index < -0.39 is 0 Å². The van der Waals surface area contributed by atoms with E-state index in [1.807, 2.05) is 18.2 Å². The van der Waals surface area contributed by atoms with Crippen LogP contribution in [0.2, 0.25) is 0 Å². The zero-order chi connectivity index (χ0) is 11.3. The fourth-order valence-electron chi connectivity index (χ4n) is 1.11. The molecule has 0 unspecified atom stereocenters. The number of isocyanates is 1. The first kappa shape index (κ1) is 11.4. The van der Waals surface area contributed by atoms with Crippen LogP contribution in [0.25, 0.3) is 10.9 Å². The van der Waals surface area contributed by atoms with Crippen molar-refractivity contribution < 1.29 is 9.90 Å². The molecule has 0 bridgehead atoms. The third kappa shape index (κ3) is 2.87. The Morgan fingerprint density at radius 1 is 1.40 bits per heavy atom. The van der Waals surface area contributed by atoms with E-state index in [0.717, 1.165) is 21.5 Å². The predicted molar refractivity (Wildman–Crippen MR) is 59.5 cm³/mol. The molecular weight excluding hydrogens is 260 g/mol. The van der Waals surface area contributed by atoms with Gasteiger partial charge in [-0.3, -0.25) is 4.98 Å². The molecule has 0 amide bonds. The van der Waals surface area contributed by atoms with E-state index in [2.05, 4.69) is 20.9 Å². The second-order valence-electron chi connectivity index (χ2n) is 2.59. The maximum Gasteiger partial charge on any atom is 0.231 e. The normalized spacial score (nSPS) is 8.87. The highest BCUT2D eigenvalue weighted by atomic mass is 79.9. The molecule has 1 aromatic carbocycles. The Morgan fingerprint density at radius 2 is 2.07 bits per heavy atom. The fraction of sp³-hybridized carbons (Fsp3) is 0. The summed E-state index contributed by atoms with van der Waals surface area (Å²) in [7, 11) is 0. The van der Waals surface area contributed by atoms with Crippen molar-refractivity contribution in [3.8, 4) is 5.75 Å². The van der Waals surface area contributed by atoms with Gasteiger partial charge >= 0.3 is 0 Å². The molecule has 0 aliphatic heterocycles. The van der Waals surface area contributed by atoms with Gasteiger partial charge in [0, 0.05) is 16.1 Å². The van der Waals surface area contributed by atoms with Crippen molar-refractivity contribution in [2.75, 3.05) is 0 Å². The number of aromatic hydroxyl groups is 1. The van der Waals surface area contributed by atoms with Gasteiger partial charge in [0.25, 0.3) is 0 Å². The average molecular weight is 267 g/mol. The van der Waals surface area contributed by atoms with E-state index >= 15 is 0 Å². The van der Waals surface area contributed by atoms with Crippen LogP contribution in [0.5, 0.6) is 5.75 Å².